The summed E-state index contributed by atoms with van der Waals surface area (Å²) in [5.41, 5.74) is 0.718. The highest BCUT2D eigenvalue weighted by molar-refractivity contribution is 5.92. The van der Waals surface area contributed by atoms with Crippen molar-refractivity contribution in [1.29, 1.82) is 0 Å². The van der Waals surface area contributed by atoms with Gasteiger partial charge in [-0.3, -0.25) is 0 Å². The third-order valence-electron chi connectivity index (χ3n) is 9.69. The van der Waals surface area contributed by atoms with Gasteiger partial charge in [-0.2, -0.15) is 0 Å². The molecule has 3 aliphatic carbocycles. The van der Waals surface area contributed by atoms with Gasteiger partial charge in [0.1, 0.15) is 36.1 Å². The van der Waals surface area contributed by atoms with Crippen LogP contribution in [0.2, 0.25) is 0 Å². The molecule has 0 radical (unpaired) electrons. The number of carbonyl (C=O) groups excluding carboxylic acids is 1. The minimum absolute atomic E-state index is 0.0433. The Hall–Kier alpha value is -0.950. The number of ether oxygens (including phenoxy) is 5. The van der Waals surface area contributed by atoms with E-state index in [4.69, 9.17) is 23.7 Å². The van der Waals surface area contributed by atoms with E-state index in [1.54, 1.807) is 0 Å². The predicted molar refractivity (Wildman–Crippen MR) is 106 cm³/mol. The molecule has 164 valence electrons. The number of rotatable bonds is 2. The molecule has 30 heavy (non-hydrogen) atoms. The Bertz CT molecular complexity index is 917. The van der Waals surface area contributed by atoms with Crippen molar-refractivity contribution < 1.29 is 28.5 Å². The van der Waals surface area contributed by atoms with E-state index >= 15 is 0 Å². The molecule has 7 aliphatic rings. The van der Waals surface area contributed by atoms with Crippen LogP contribution in [0.4, 0.5) is 0 Å². The normalized spacial score (nSPS) is 56.9. The molecule has 7 rings (SSSR count). The first-order valence-electron chi connectivity index (χ1n) is 11.6. The monoisotopic (exact) mass is 416 g/mol. The fraction of sp³-hybridized carbons (Fsp3) is 0.875. The van der Waals surface area contributed by atoms with E-state index in [0.717, 1.165) is 24.8 Å². The summed E-state index contributed by atoms with van der Waals surface area (Å²) >= 11 is 0. The zero-order chi connectivity index (χ0) is 21.1. The zero-order valence-electron chi connectivity index (χ0n) is 18.7. The lowest BCUT2D eigenvalue weighted by Crippen LogP contribution is -2.71. The third-order valence-corrected chi connectivity index (χ3v) is 9.69. The topological polar surface area (TPSA) is 73.1 Å². The Morgan fingerprint density at radius 2 is 1.90 bits per heavy atom. The van der Waals surface area contributed by atoms with Gasteiger partial charge in [0.25, 0.3) is 0 Å². The quantitative estimate of drug-likeness (QED) is 0.509. The van der Waals surface area contributed by atoms with E-state index in [1.807, 2.05) is 0 Å². The molecule has 0 N–H and O–H groups in total. The lowest BCUT2D eigenvalue weighted by molar-refractivity contribution is -0.151. The maximum Gasteiger partial charge on any atom is 0.334 e. The Balaban J connectivity index is 1.38. The lowest BCUT2D eigenvalue weighted by atomic mass is 9.46. The number of hydrogen-bond donors (Lipinski definition) is 0. The van der Waals surface area contributed by atoms with Crippen LogP contribution in [0.25, 0.3) is 0 Å². The van der Waals surface area contributed by atoms with Crippen LogP contribution in [0.1, 0.15) is 60.8 Å². The van der Waals surface area contributed by atoms with Gasteiger partial charge in [0.2, 0.25) is 0 Å². The van der Waals surface area contributed by atoms with Crippen LogP contribution in [0.5, 0.6) is 0 Å². The highest BCUT2D eigenvalue weighted by Crippen LogP contribution is 2.84. The molecule has 6 heteroatoms. The van der Waals surface area contributed by atoms with E-state index < -0.39 is 11.2 Å². The molecule has 0 aromatic rings. The number of epoxide rings is 3. The van der Waals surface area contributed by atoms with Crippen molar-refractivity contribution in [3.63, 3.8) is 0 Å². The largest absolute Gasteiger partial charge is 0.458 e. The van der Waals surface area contributed by atoms with E-state index in [9.17, 15) is 4.79 Å². The van der Waals surface area contributed by atoms with Crippen molar-refractivity contribution in [2.45, 2.75) is 108 Å². The van der Waals surface area contributed by atoms with Gasteiger partial charge in [-0.15, -0.1) is 0 Å². The molecule has 0 aromatic carbocycles. The first-order chi connectivity index (χ1) is 14.0. The molecule has 0 bridgehead atoms. The van der Waals surface area contributed by atoms with Crippen molar-refractivity contribution in [3.8, 4) is 0 Å². The Morgan fingerprint density at radius 1 is 1.13 bits per heavy atom. The maximum atomic E-state index is 12.3. The van der Waals surface area contributed by atoms with Crippen LogP contribution in [0.15, 0.2) is 11.1 Å². The van der Waals surface area contributed by atoms with E-state index in [2.05, 4.69) is 41.5 Å². The summed E-state index contributed by atoms with van der Waals surface area (Å²) in [7, 11) is 0. The Labute approximate surface area is 177 Å². The van der Waals surface area contributed by atoms with Gasteiger partial charge < -0.3 is 23.7 Å². The molecule has 3 saturated heterocycles. The molecule has 5 fully saturated rings. The molecule has 0 aromatic heterocycles. The second-order valence-corrected chi connectivity index (χ2v) is 12.1. The standard InChI is InChI=1S/C24H32O6/c1-11(2)27-19-22-15(28-22)9-14-13-10-26-18(25)12(13)7-8-21(14,6)24(22)17(30-24)16-23(19,29-16)20(3,4)5/h11,14-17,19H,7-10H2,1-6H3. The van der Waals surface area contributed by atoms with E-state index in [-0.39, 0.29) is 58.8 Å². The Kier molecular flexibility index (Phi) is 3.01. The molecule has 0 amide bonds. The SMILES string of the molecule is CC(C)OC1C2(C(C)(C)C)OC2C2OC23C2(C)CCC4=C(COC4=O)C2CC2OC213. The predicted octanol–water partition coefficient (Wildman–Crippen LogP) is 2.93. The highest BCUT2D eigenvalue weighted by Gasteiger charge is 3.01. The summed E-state index contributed by atoms with van der Waals surface area (Å²) in [6, 6.07) is 0. The molecule has 2 spiro atoms. The zero-order valence-corrected chi connectivity index (χ0v) is 18.7. The average Bonchev–Trinajstić information content (AvgIpc) is 3.52. The van der Waals surface area contributed by atoms with E-state index in [0.29, 0.717) is 6.61 Å². The molecular weight excluding hydrogens is 384 g/mol. The van der Waals surface area contributed by atoms with Crippen LogP contribution in [0, 0.1) is 16.7 Å². The van der Waals surface area contributed by atoms with Gasteiger partial charge in [0.15, 0.2) is 5.60 Å². The third kappa shape index (κ3) is 1.63. The lowest BCUT2D eigenvalue weighted by Gasteiger charge is -2.55. The van der Waals surface area contributed by atoms with Gasteiger partial charge in [0, 0.05) is 11.0 Å². The first-order valence-corrected chi connectivity index (χ1v) is 11.6. The minimum atomic E-state index is -0.449. The van der Waals surface area contributed by atoms with Crippen LogP contribution >= 0.6 is 0 Å². The first kappa shape index (κ1) is 18.6. The summed E-state index contributed by atoms with van der Waals surface area (Å²) in [4.78, 5) is 12.3. The van der Waals surface area contributed by atoms with Crippen molar-refractivity contribution in [2.75, 3.05) is 6.61 Å². The van der Waals surface area contributed by atoms with Crippen molar-refractivity contribution >= 4 is 5.97 Å². The molecular formula is C24H32O6. The minimum Gasteiger partial charge on any atom is -0.458 e. The second-order valence-electron chi connectivity index (χ2n) is 12.1. The molecule has 9 unspecified atom stereocenters. The fourth-order valence-corrected chi connectivity index (χ4v) is 8.33. The van der Waals surface area contributed by atoms with Crippen molar-refractivity contribution in [2.24, 2.45) is 16.7 Å². The van der Waals surface area contributed by atoms with Crippen LogP contribution in [-0.2, 0) is 28.5 Å². The second kappa shape index (κ2) is 4.85. The van der Waals surface area contributed by atoms with Gasteiger partial charge in [-0.25, -0.2) is 4.79 Å². The summed E-state index contributed by atoms with van der Waals surface area (Å²) < 4.78 is 32.2. The molecule has 2 saturated carbocycles. The number of carbonyl (C=O) groups is 1. The fourth-order valence-electron chi connectivity index (χ4n) is 8.33. The number of esters is 1. The molecule has 9 atom stereocenters. The summed E-state index contributed by atoms with van der Waals surface area (Å²) in [5, 5.41) is 0. The van der Waals surface area contributed by atoms with Crippen LogP contribution in [0.3, 0.4) is 0 Å². The number of fused-ring (bicyclic) bond motifs is 4. The maximum absolute atomic E-state index is 12.3. The Morgan fingerprint density at radius 3 is 2.60 bits per heavy atom. The van der Waals surface area contributed by atoms with Crippen LogP contribution < -0.4 is 0 Å². The van der Waals surface area contributed by atoms with Crippen molar-refractivity contribution in [3.05, 3.63) is 11.1 Å². The number of cyclic esters (lactones) is 1. The summed E-state index contributed by atoms with van der Waals surface area (Å²) in [6.07, 6.45) is 2.70. The van der Waals surface area contributed by atoms with Crippen LogP contribution in [-0.4, -0.2) is 59.9 Å². The van der Waals surface area contributed by atoms with E-state index in [1.165, 1.54) is 5.57 Å². The molecule has 6 nitrogen and oxygen atoms in total. The number of hydrogen-bond acceptors (Lipinski definition) is 6. The molecule has 4 heterocycles. The van der Waals surface area contributed by atoms with Gasteiger partial charge in [-0.1, -0.05) is 27.7 Å². The smallest absolute Gasteiger partial charge is 0.334 e. The average molecular weight is 417 g/mol. The van der Waals surface area contributed by atoms with Gasteiger partial charge >= 0.3 is 5.97 Å². The van der Waals surface area contributed by atoms with Crippen molar-refractivity contribution in [1.82, 2.24) is 0 Å². The van der Waals surface area contributed by atoms with Gasteiger partial charge in [0.05, 0.1) is 12.2 Å². The molecule has 4 aliphatic heterocycles. The summed E-state index contributed by atoms with van der Waals surface area (Å²) in [5.74, 6) is 0.146. The summed E-state index contributed by atoms with van der Waals surface area (Å²) in [6.45, 7) is 13.7. The van der Waals surface area contributed by atoms with Gasteiger partial charge in [-0.05, 0) is 50.0 Å². The highest BCUT2D eigenvalue weighted by atomic mass is 16.8.